The third-order valence-electron chi connectivity index (χ3n) is 4.97. The van der Waals surface area contributed by atoms with Crippen molar-refractivity contribution in [3.05, 3.63) is 60.8 Å². The molecule has 0 amide bonds. The summed E-state index contributed by atoms with van der Waals surface area (Å²) in [5.41, 5.74) is 5.60. The SMILES string of the molecule is Cc1cc(-c2cncc(S(C)(=O)=O)c2)ccc1N(C)c1cc2c(cn1)ncn2C. The van der Waals surface area contributed by atoms with Gasteiger partial charge in [0.05, 0.1) is 22.9 Å². The smallest absolute Gasteiger partial charge is 0.177 e. The van der Waals surface area contributed by atoms with E-state index < -0.39 is 9.84 Å². The van der Waals surface area contributed by atoms with Crippen LogP contribution in [0.1, 0.15) is 5.56 Å². The van der Waals surface area contributed by atoms with E-state index in [0.29, 0.717) is 0 Å². The lowest BCUT2D eigenvalue weighted by Crippen LogP contribution is -2.12. The molecular weight excluding hydrogens is 386 g/mol. The molecule has 0 saturated carbocycles. The molecule has 29 heavy (non-hydrogen) atoms. The molecular formula is C21H21N5O2S. The fourth-order valence-electron chi connectivity index (χ4n) is 3.32. The van der Waals surface area contributed by atoms with Crippen molar-refractivity contribution in [3.8, 4) is 11.1 Å². The number of aromatic nitrogens is 4. The first-order valence-electron chi connectivity index (χ1n) is 9.01. The molecule has 8 heteroatoms. The summed E-state index contributed by atoms with van der Waals surface area (Å²) in [6, 6.07) is 9.66. The number of benzene rings is 1. The van der Waals surface area contributed by atoms with Crippen molar-refractivity contribution in [3.63, 3.8) is 0 Å². The molecule has 0 saturated heterocycles. The van der Waals surface area contributed by atoms with Gasteiger partial charge in [0.1, 0.15) is 11.3 Å². The number of nitrogens with zero attached hydrogens (tertiary/aromatic N) is 5. The maximum absolute atomic E-state index is 11.8. The molecule has 0 spiro atoms. The summed E-state index contributed by atoms with van der Waals surface area (Å²) in [4.78, 5) is 15.2. The predicted molar refractivity (Wildman–Crippen MR) is 114 cm³/mol. The molecule has 1 aromatic carbocycles. The Hall–Kier alpha value is -3.26. The molecule has 4 aromatic rings. The molecule has 148 valence electrons. The summed E-state index contributed by atoms with van der Waals surface area (Å²) >= 11 is 0. The standard InChI is InChI=1S/C21H21N5O2S/c1-14-7-15(16-8-17(11-22-10-16)29(4,27)28)5-6-19(14)26(3)21-9-20-18(12-23-21)24-13-25(20)2/h5-13H,1-4H3. The van der Waals surface area contributed by atoms with Gasteiger partial charge in [0.25, 0.3) is 0 Å². The highest BCUT2D eigenvalue weighted by molar-refractivity contribution is 7.90. The molecule has 0 aliphatic rings. The fourth-order valence-corrected chi connectivity index (χ4v) is 3.91. The average Bonchev–Trinajstić information content (AvgIpc) is 3.07. The number of rotatable bonds is 4. The number of hydrogen-bond donors (Lipinski definition) is 0. The fraction of sp³-hybridized carbons (Fsp3) is 0.190. The molecule has 7 nitrogen and oxygen atoms in total. The normalized spacial score (nSPS) is 11.7. The maximum atomic E-state index is 11.8. The highest BCUT2D eigenvalue weighted by Crippen LogP contribution is 2.31. The van der Waals surface area contributed by atoms with E-state index in [2.05, 4.69) is 15.0 Å². The number of hydrogen-bond acceptors (Lipinski definition) is 6. The van der Waals surface area contributed by atoms with Gasteiger partial charge in [-0.05, 0) is 36.2 Å². The van der Waals surface area contributed by atoms with Crippen molar-refractivity contribution in [2.75, 3.05) is 18.2 Å². The van der Waals surface area contributed by atoms with Crippen molar-refractivity contribution >= 4 is 32.4 Å². The molecule has 0 unspecified atom stereocenters. The molecule has 3 aromatic heterocycles. The Kier molecular flexibility index (Phi) is 4.58. The van der Waals surface area contributed by atoms with Crippen LogP contribution in [0.15, 0.2) is 60.1 Å². The lowest BCUT2D eigenvalue weighted by molar-refractivity contribution is 0.601. The quantitative estimate of drug-likeness (QED) is 0.515. The number of aryl methyl sites for hydroxylation is 2. The molecule has 0 N–H and O–H groups in total. The van der Waals surface area contributed by atoms with Gasteiger partial charge in [-0.15, -0.1) is 0 Å². The molecule has 0 radical (unpaired) electrons. The summed E-state index contributed by atoms with van der Waals surface area (Å²) in [5.74, 6) is 0.817. The van der Waals surface area contributed by atoms with Crippen molar-refractivity contribution in [2.24, 2.45) is 7.05 Å². The zero-order valence-corrected chi connectivity index (χ0v) is 17.5. The minimum Gasteiger partial charge on any atom is -0.334 e. The van der Waals surface area contributed by atoms with Gasteiger partial charge in [-0.2, -0.15) is 0 Å². The molecule has 0 fully saturated rings. The van der Waals surface area contributed by atoms with Gasteiger partial charge < -0.3 is 9.47 Å². The van der Waals surface area contributed by atoms with E-state index in [1.165, 1.54) is 12.5 Å². The van der Waals surface area contributed by atoms with Gasteiger partial charge in [0, 0.05) is 50.1 Å². The number of anilines is 2. The summed E-state index contributed by atoms with van der Waals surface area (Å²) in [6.07, 6.45) is 7.77. The van der Waals surface area contributed by atoms with Crippen molar-refractivity contribution in [1.82, 2.24) is 19.5 Å². The third kappa shape index (κ3) is 3.58. The van der Waals surface area contributed by atoms with Gasteiger partial charge in [-0.1, -0.05) is 6.07 Å². The summed E-state index contributed by atoms with van der Waals surface area (Å²) in [5, 5.41) is 0. The first-order valence-corrected chi connectivity index (χ1v) is 10.9. The Balaban J connectivity index is 1.70. The number of imidazole rings is 1. The van der Waals surface area contributed by atoms with Crippen LogP contribution in [-0.2, 0) is 16.9 Å². The summed E-state index contributed by atoms with van der Waals surface area (Å²) in [6.45, 7) is 2.02. The van der Waals surface area contributed by atoms with E-state index in [-0.39, 0.29) is 4.90 Å². The number of pyridine rings is 2. The van der Waals surface area contributed by atoms with E-state index >= 15 is 0 Å². The average molecular weight is 407 g/mol. The van der Waals surface area contributed by atoms with Gasteiger partial charge >= 0.3 is 0 Å². The van der Waals surface area contributed by atoms with Crippen LogP contribution in [0.25, 0.3) is 22.2 Å². The van der Waals surface area contributed by atoms with E-state index in [9.17, 15) is 8.42 Å². The van der Waals surface area contributed by atoms with E-state index in [0.717, 1.165) is 39.2 Å². The first kappa shape index (κ1) is 19.1. The number of fused-ring (bicyclic) bond motifs is 1. The van der Waals surface area contributed by atoms with Crippen LogP contribution in [0.2, 0.25) is 0 Å². The van der Waals surface area contributed by atoms with Crippen LogP contribution < -0.4 is 4.90 Å². The Bertz CT molecular complexity index is 1330. The van der Waals surface area contributed by atoms with Crippen LogP contribution in [0.5, 0.6) is 0 Å². The van der Waals surface area contributed by atoms with Crippen molar-refractivity contribution in [2.45, 2.75) is 11.8 Å². The Morgan fingerprint density at radius 1 is 1.00 bits per heavy atom. The van der Waals surface area contributed by atoms with Crippen LogP contribution in [0, 0.1) is 6.92 Å². The van der Waals surface area contributed by atoms with Gasteiger partial charge in [0.15, 0.2) is 9.84 Å². The third-order valence-corrected chi connectivity index (χ3v) is 6.05. The minimum absolute atomic E-state index is 0.211. The lowest BCUT2D eigenvalue weighted by atomic mass is 10.0. The Labute approximate surface area is 169 Å². The first-order chi connectivity index (χ1) is 13.7. The second-order valence-corrected chi connectivity index (χ2v) is 9.14. The second-order valence-electron chi connectivity index (χ2n) is 7.13. The van der Waals surface area contributed by atoms with Gasteiger partial charge in [-0.25, -0.2) is 18.4 Å². The molecule has 0 atom stereocenters. The molecule has 4 rings (SSSR count). The molecule has 0 aliphatic heterocycles. The highest BCUT2D eigenvalue weighted by Gasteiger charge is 2.13. The van der Waals surface area contributed by atoms with E-state index in [1.54, 1.807) is 24.8 Å². The predicted octanol–water partition coefficient (Wildman–Crippen LogP) is 3.51. The van der Waals surface area contributed by atoms with Crippen molar-refractivity contribution < 1.29 is 8.42 Å². The van der Waals surface area contributed by atoms with Gasteiger partial charge in [0.2, 0.25) is 0 Å². The zero-order chi connectivity index (χ0) is 20.8. The molecule has 3 heterocycles. The molecule has 0 aliphatic carbocycles. The van der Waals surface area contributed by atoms with Gasteiger partial charge in [-0.3, -0.25) is 4.98 Å². The monoisotopic (exact) mass is 407 g/mol. The van der Waals surface area contributed by atoms with Crippen LogP contribution in [0.3, 0.4) is 0 Å². The Morgan fingerprint density at radius 2 is 1.79 bits per heavy atom. The van der Waals surface area contributed by atoms with Crippen LogP contribution in [0.4, 0.5) is 11.5 Å². The van der Waals surface area contributed by atoms with Crippen molar-refractivity contribution in [1.29, 1.82) is 0 Å². The topological polar surface area (TPSA) is 81.0 Å². The second kappa shape index (κ2) is 6.97. The Morgan fingerprint density at radius 3 is 2.52 bits per heavy atom. The number of sulfone groups is 1. The highest BCUT2D eigenvalue weighted by atomic mass is 32.2. The largest absolute Gasteiger partial charge is 0.334 e. The maximum Gasteiger partial charge on any atom is 0.177 e. The van der Waals surface area contributed by atoms with E-state index in [1.807, 2.05) is 54.8 Å². The zero-order valence-electron chi connectivity index (χ0n) is 16.7. The van der Waals surface area contributed by atoms with Crippen LogP contribution >= 0.6 is 0 Å². The summed E-state index contributed by atoms with van der Waals surface area (Å²) in [7, 11) is 0.623. The summed E-state index contributed by atoms with van der Waals surface area (Å²) < 4.78 is 25.6. The lowest BCUT2D eigenvalue weighted by Gasteiger charge is -2.21. The van der Waals surface area contributed by atoms with E-state index in [4.69, 9.17) is 0 Å². The molecule has 0 bridgehead atoms. The minimum atomic E-state index is -3.30. The van der Waals surface area contributed by atoms with Crippen LogP contribution in [-0.4, -0.2) is 41.2 Å².